The highest BCUT2D eigenvalue weighted by Crippen LogP contribution is 2.24. The molecule has 0 aromatic rings. The van der Waals surface area contributed by atoms with Crippen molar-refractivity contribution in [1.29, 1.82) is 0 Å². The third kappa shape index (κ3) is 5.39. The Morgan fingerprint density at radius 1 is 1.38 bits per heavy atom. The molecule has 0 heterocycles. The van der Waals surface area contributed by atoms with Crippen LogP contribution in [0.25, 0.3) is 0 Å². The van der Waals surface area contributed by atoms with Gasteiger partial charge in [0.05, 0.1) is 12.9 Å². The van der Waals surface area contributed by atoms with E-state index in [0.29, 0.717) is 5.92 Å². The first-order valence-electron chi connectivity index (χ1n) is 6.78. The molecule has 0 N–H and O–H groups in total. The van der Waals surface area contributed by atoms with Gasteiger partial charge in [-0.3, -0.25) is 0 Å². The molecule has 0 radical (unpaired) electrons. The van der Waals surface area contributed by atoms with Crippen molar-refractivity contribution < 1.29 is 4.74 Å². The highest BCUT2D eigenvalue weighted by Gasteiger charge is 2.10. The van der Waals surface area contributed by atoms with E-state index in [4.69, 9.17) is 4.74 Å². The lowest BCUT2D eigenvalue weighted by Gasteiger charge is -2.17. The van der Waals surface area contributed by atoms with Crippen molar-refractivity contribution >= 4 is 0 Å². The van der Waals surface area contributed by atoms with E-state index in [2.05, 4.69) is 25.2 Å². The molecule has 0 aromatic carbocycles. The van der Waals surface area contributed by atoms with E-state index >= 15 is 0 Å². The number of unbranched alkanes of at least 4 members (excludes halogenated alkanes) is 4. The van der Waals surface area contributed by atoms with Crippen LogP contribution < -0.4 is 0 Å². The van der Waals surface area contributed by atoms with Gasteiger partial charge in [-0.1, -0.05) is 38.3 Å². The Morgan fingerprint density at radius 2 is 2.25 bits per heavy atom. The van der Waals surface area contributed by atoms with E-state index < -0.39 is 0 Å². The van der Waals surface area contributed by atoms with Crippen molar-refractivity contribution in [1.82, 2.24) is 0 Å². The third-order valence-corrected chi connectivity index (χ3v) is 3.23. The van der Waals surface area contributed by atoms with Crippen LogP contribution in [0.15, 0.2) is 24.0 Å². The van der Waals surface area contributed by atoms with E-state index in [9.17, 15) is 0 Å². The highest BCUT2D eigenvalue weighted by molar-refractivity contribution is 5.08. The largest absolute Gasteiger partial charge is 0.501 e. The molecule has 0 aliphatic heterocycles. The smallest absolute Gasteiger partial charge is 0.0921 e. The molecule has 0 amide bonds. The Hall–Kier alpha value is -0.720. The van der Waals surface area contributed by atoms with Crippen LogP contribution in [-0.2, 0) is 4.74 Å². The van der Waals surface area contributed by atoms with Crippen molar-refractivity contribution in [2.75, 3.05) is 7.11 Å². The Morgan fingerprint density at radius 3 is 3.00 bits per heavy atom. The maximum atomic E-state index is 5.31. The third-order valence-electron chi connectivity index (χ3n) is 3.23. The molecule has 0 spiro atoms. The SMILES string of the molecule is CCCCCC/C=C/C1C=C(OC)CCC1. The number of hydrogen-bond acceptors (Lipinski definition) is 1. The predicted molar refractivity (Wildman–Crippen MR) is 70.3 cm³/mol. The summed E-state index contributed by atoms with van der Waals surface area (Å²) in [6.45, 7) is 2.26. The first-order valence-corrected chi connectivity index (χ1v) is 6.78. The van der Waals surface area contributed by atoms with Crippen LogP contribution in [-0.4, -0.2) is 7.11 Å². The van der Waals surface area contributed by atoms with Gasteiger partial charge in [-0.25, -0.2) is 0 Å². The summed E-state index contributed by atoms with van der Waals surface area (Å²) in [5, 5.41) is 0. The summed E-state index contributed by atoms with van der Waals surface area (Å²) < 4.78 is 5.31. The van der Waals surface area contributed by atoms with Gasteiger partial charge in [0, 0.05) is 6.42 Å². The average molecular weight is 222 g/mol. The summed E-state index contributed by atoms with van der Waals surface area (Å²) in [5.41, 5.74) is 0. The molecule has 0 saturated carbocycles. The van der Waals surface area contributed by atoms with Gasteiger partial charge in [0.2, 0.25) is 0 Å². The molecule has 1 nitrogen and oxygen atoms in total. The first-order chi connectivity index (χ1) is 7.86. The van der Waals surface area contributed by atoms with Crippen LogP contribution in [0.1, 0.15) is 58.3 Å². The molecule has 0 aromatic heterocycles. The predicted octanol–water partition coefficient (Wildman–Crippen LogP) is 4.84. The summed E-state index contributed by atoms with van der Waals surface area (Å²) in [6, 6.07) is 0. The van der Waals surface area contributed by atoms with E-state index in [0.717, 1.165) is 6.42 Å². The standard InChI is InChI=1S/C15H26O/c1-3-4-5-6-7-8-10-14-11-9-12-15(13-14)16-2/h8,10,13-14H,3-7,9,11-12H2,1-2H3/b10-8+. The van der Waals surface area contributed by atoms with Crippen LogP contribution in [0, 0.1) is 5.92 Å². The van der Waals surface area contributed by atoms with E-state index in [1.54, 1.807) is 7.11 Å². The number of allylic oxidation sites excluding steroid dienone is 4. The molecule has 16 heavy (non-hydrogen) atoms. The zero-order chi connectivity index (χ0) is 11.6. The molecule has 1 rings (SSSR count). The Bertz CT molecular complexity index is 228. The maximum Gasteiger partial charge on any atom is 0.0921 e. The van der Waals surface area contributed by atoms with Gasteiger partial charge >= 0.3 is 0 Å². The monoisotopic (exact) mass is 222 g/mol. The molecular formula is C15H26O. The van der Waals surface area contributed by atoms with Crippen molar-refractivity contribution in [3.63, 3.8) is 0 Å². The summed E-state index contributed by atoms with van der Waals surface area (Å²) >= 11 is 0. The second-order valence-electron chi connectivity index (χ2n) is 4.67. The fourth-order valence-corrected chi connectivity index (χ4v) is 2.20. The summed E-state index contributed by atoms with van der Waals surface area (Å²) in [7, 11) is 1.78. The average Bonchev–Trinajstić information content (AvgIpc) is 2.34. The van der Waals surface area contributed by atoms with Gasteiger partial charge < -0.3 is 4.74 Å². The number of methoxy groups -OCH3 is 1. The summed E-state index contributed by atoms with van der Waals surface area (Å²) in [6.07, 6.45) is 17.4. The minimum Gasteiger partial charge on any atom is -0.501 e. The Labute approximate surface area is 101 Å². The van der Waals surface area contributed by atoms with Crippen molar-refractivity contribution in [3.8, 4) is 0 Å². The van der Waals surface area contributed by atoms with Crippen LogP contribution in [0.2, 0.25) is 0 Å². The fraction of sp³-hybridized carbons (Fsp3) is 0.733. The highest BCUT2D eigenvalue weighted by atomic mass is 16.5. The quantitative estimate of drug-likeness (QED) is 0.442. The molecule has 1 unspecified atom stereocenters. The minimum atomic E-state index is 0.620. The summed E-state index contributed by atoms with van der Waals surface area (Å²) in [4.78, 5) is 0. The Kier molecular flexibility index (Phi) is 7.03. The number of rotatable bonds is 7. The molecule has 1 heteroatoms. The normalized spacial score (nSPS) is 21.1. The molecular weight excluding hydrogens is 196 g/mol. The van der Waals surface area contributed by atoms with Gasteiger partial charge in [0.1, 0.15) is 0 Å². The zero-order valence-corrected chi connectivity index (χ0v) is 10.9. The fourth-order valence-electron chi connectivity index (χ4n) is 2.20. The van der Waals surface area contributed by atoms with Gasteiger partial charge in [0.15, 0.2) is 0 Å². The van der Waals surface area contributed by atoms with E-state index in [1.807, 2.05) is 0 Å². The molecule has 0 fully saturated rings. The second kappa shape index (κ2) is 8.43. The first kappa shape index (κ1) is 13.3. The van der Waals surface area contributed by atoms with Crippen molar-refractivity contribution in [2.24, 2.45) is 5.92 Å². The molecule has 1 atom stereocenters. The van der Waals surface area contributed by atoms with E-state index in [1.165, 1.54) is 50.7 Å². The lowest BCUT2D eigenvalue weighted by Crippen LogP contribution is -2.03. The van der Waals surface area contributed by atoms with Crippen LogP contribution in [0.3, 0.4) is 0 Å². The summed E-state index contributed by atoms with van der Waals surface area (Å²) in [5.74, 6) is 1.79. The molecule has 1 aliphatic rings. The lowest BCUT2D eigenvalue weighted by molar-refractivity contribution is 0.261. The minimum absolute atomic E-state index is 0.620. The van der Waals surface area contributed by atoms with Crippen molar-refractivity contribution in [3.05, 3.63) is 24.0 Å². The van der Waals surface area contributed by atoms with Gasteiger partial charge in [-0.15, -0.1) is 0 Å². The van der Waals surface area contributed by atoms with Crippen LogP contribution >= 0.6 is 0 Å². The number of hydrogen-bond donors (Lipinski definition) is 0. The zero-order valence-electron chi connectivity index (χ0n) is 10.9. The molecule has 0 bridgehead atoms. The topological polar surface area (TPSA) is 9.23 Å². The van der Waals surface area contributed by atoms with E-state index in [-0.39, 0.29) is 0 Å². The van der Waals surface area contributed by atoms with Crippen LogP contribution in [0.4, 0.5) is 0 Å². The lowest BCUT2D eigenvalue weighted by atomic mass is 9.94. The second-order valence-corrected chi connectivity index (χ2v) is 4.67. The van der Waals surface area contributed by atoms with Gasteiger partial charge in [-0.05, 0) is 37.7 Å². The van der Waals surface area contributed by atoms with Gasteiger partial charge in [0.25, 0.3) is 0 Å². The molecule has 1 aliphatic carbocycles. The van der Waals surface area contributed by atoms with Crippen molar-refractivity contribution in [2.45, 2.75) is 58.3 Å². The van der Waals surface area contributed by atoms with Gasteiger partial charge in [-0.2, -0.15) is 0 Å². The molecule has 0 saturated heterocycles. The van der Waals surface area contributed by atoms with Crippen LogP contribution in [0.5, 0.6) is 0 Å². The number of ether oxygens (including phenoxy) is 1. The maximum absolute atomic E-state index is 5.31. The molecule has 92 valence electrons. The Balaban J connectivity index is 2.18.